The highest BCUT2D eigenvalue weighted by atomic mass is 16.7. The first kappa shape index (κ1) is 22.6. The molecule has 176 valence electrons. The summed E-state index contributed by atoms with van der Waals surface area (Å²) in [7, 11) is 0. The molecular weight excluding hydrogens is 430 g/mol. The number of rotatable bonds is 7. The van der Waals surface area contributed by atoms with E-state index in [1.54, 1.807) is 27.0 Å². The van der Waals surface area contributed by atoms with Crippen molar-refractivity contribution in [2.45, 2.75) is 51.6 Å². The van der Waals surface area contributed by atoms with Crippen LogP contribution < -0.4 is 5.32 Å². The van der Waals surface area contributed by atoms with Gasteiger partial charge in [-0.15, -0.1) is 0 Å². The zero-order chi connectivity index (χ0) is 23.8. The van der Waals surface area contributed by atoms with Gasteiger partial charge in [-0.2, -0.15) is 10.2 Å². The van der Waals surface area contributed by atoms with Crippen LogP contribution in [0.5, 0.6) is 0 Å². The number of fused-ring (bicyclic) bond motifs is 4. The molecule has 2 aliphatic rings. The maximum atomic E-state index is 13.0. The van der Waals surface area contributed by atoms with Crippen LogP contribution in [0.3, 0.4) is 0 Å². The van der Waals surface area contributed by atoms with Gasteiger partial charge in [0.15, 0.2) is 6.04 Å². The van der Waals surface area contributed by atoms with Crippen molar-refractivity contribution in [3.63, 3.8) is 0 Å². The Kier molecular flexibility index (Phi) is 5.98. The smallest absolute Gasteiger partial charge is 0.407 e. The van der Waals surface area contributed by atoms with E-state index in [0.717, 1.165) is 5.56 Å². The van der Waals surface area contributed by atoms with Crippen molar-refractivity contribution in [3.8, 4) is 0 Å². The number of ether oxygens (including phenoxy) is 1. The van der Waals surface area contributed by atoms with Gasteiger partial charge in [0.2, 0.25) is 0 Å². The van der Waals surface area contributed by atoms with Gasteiger partial charge < -0.3 is 20.1 Å². The predicted octanol–water partition coefficient (Wildman–Crippen LogP) is 2.46. The van der Waals surface area contributed by atoms with Gasteiger partial charge in [-0.25, -0.2) is 14.4 Å². The van der Waals surface area contributed by atoms with E-state index in [4.69, 9.17) is 9.57 Å². The summed E-state index contributed by atoms with van der Waals surface area (Å²) < 4.78 is 6.73. The Morgan fingerprint density at radius 2 is 1.97 bits per heavy atom. The molecule has 3 amide bonds. The third-order valence-corrected chi connectivity index (χ3v) is 5.37. The Morgan fingerprint density at radius 1 is 1.24 bits per heavy atom. The number of amides is 3. The normalized spacial score (nSPS) is 19.4. The van der Waals surface area contributed by atoms with Gasteiger partial charge in [-0.05, 0) is 26.3 Å². The van der Waals surface area contributed by atoms with Crippen molar-refractivity contribution in [3.05, 3.63) is 53.3 Å². The third-order valence-electron chi connectivity index (χ3n) is 5.37. The second-order valence-electron chi connectivity index (χ2n) is 8.91. The van der Waals surface area contributed by atoms with Gasteiger partial charge in [-0.3, -0.25) is 9.52 Å². The van der Waals surface area contributed by atoms with Crippen molar-refractivity contribution >= 4 is 18.1 Å². The lowest BCUT2D eigenvalue weighted by Gasteiger charge is -2.28. The van der Waals surface area contributed by atoms with Gasteiger partial charge in [0.05, 0.1) is 25.0 Å². The molecule has 1 saturated heterocycles. The molecule has 11 heteroatoms. The third kappa shape index (κ3) is 4.63. The van der Waals surface area contributed by atoms with Crippen LogP contribution in [0.25, 0.3) is 0 Å². The Hall–Kier alpha value is -3.60. The lowest BCUT2D eigenvalue weighted by Crippen LogP contribution is -2.40. The number of carbonyl (C=O) groups is 3. The molecular formula is C22H27N5O6. The zero-order valence-corrected chi connectivity index (χ0v) is 18.7. The number of alkyl carbamates (subject to hydrolysis) is 1. The average molecular weight is 457 g/mol. The monoisotopic (exact) mass is 457 g/mol. The summed E-state index contributed by atoms with van der Waals surface area (Å²) in [5.74, 6) is -1.16. The van der Waals surface area contributed by atoms with Crippen molar-refractivity contribution in [2.24, 2.45) is 0 Å². The highest BCUT2D eigenvalue weighted by Crippen LogP contribution is 2.44. The highest BCUT2D eigenvalue weighted by Gasteiger charge is 2.53. The van der Waals surface area contributed by atoms with Crippen LogP contribution in [-0.2, 0) is 27.5 Å². The van der Waals surface area contributed by atoms with E-state index in [0.29, 0.717) is 11.3 Å². The highest BCUT2D eigenvalue weighted by molar-refractivity contribution is 5.86. The number of carboxylic acid groups (broad SMARTS) is 1. The molecule has 4 rings (SSSR count). The van der Waals surface area contributed by atoms with E-state index < -0.39 is 35.8 Å². The first-order valence-corrected chi connectivity index (χ1v) is 10.7. The van der Waals surface area contributed by atoms with Crippen molar-refractivity contribution in [2.75, 3.05) is 13.1 Å². The fraction of sp³-hybridized carbons (Fsp3) is 0.455. The van der Waals surface area contributed by atoms with Crippen molar-refractivity contribution in [1.82, 2.24) is 25.1 Å². The summed E-state index contributed by atoms with van der Waals surface area (Å²) >= 11 is 0. The number of nitrogens with one attached hydrogen (secondary N) is 1. The number of urea groups is 1. The summed E-state index contributed by atoms with van der Waals surface area (Å²) in [5, 5.41) is 18.1. The number of carbonyl (C=O) groups excluding carboxylic acids is 2. The molecule has 2 bridgehead atoms. The Bertz CT molecular complexity index is 1050. The number of aromatic nitrogens is 2. The fourth-order valence-electron chi connectivity index (χ4n) is 4.02. The molecule has 2 aromatic rings. The first-order valence-electron chi connectivity index (χ1n) is 10.7. The lowest BCUT2D eigenvalue weighted by molar-refractivity contribution is -0.143. The van der Waals surface area contributed by atoms with Crippen molar-refractivity contribution < 1.29 is 29.1 Å². The molecule has 0 spiro atoms. The summed E-state index contributed by atoms with van der Waals surface area (Å²) in [4.78, 5) is 44.1. The van der Waals surface area contributed by atoms with Crippen LogP contribution in [0, 0.1) is 0 Å². The van der Waals surface area contributed by atoms with Gasteiger partial charge >= 0.3 is 18.1 Å². The van der Waals surface area contributed by atoms with Gasteiger partial charge in [0.1, 0.15) is 18.2 Å². The second-order valence-corrected chi connectivity index (χ2v) is 8.91. The van der Waals surface area contributed by atoms with Crippen LogP contribution in [-0.4, -0.2) is 61.6 Å². The van der Waals surface area contributed by atoms with Gasteiger partial charge in [0.25, 0.3) is 0 Å². The summed E-state index contributed by atoms with van der Waals surface area (Å²) in [6.45, 7) is 6.07. The van der Waals surface area contributed by atoms with Gasteiger partial charge in [0, 0.05) is 12.1 Å². The number of nitrogens with zero attached hydrogens (tertiary/aromatic N) is 4. The summed E-state index contributed by atoms with van der Waals surface area (Å²) in [6.07, 6.45) is 0.996. The van der Waals surface area contributed by atoms with Crippen molar-refractivity contribution in [1.29, 1.82) is 0 Å². The maximum absolute atomic E-state index is 13.0. The molecule has 1 aromatic carbocycles. The molecule has 1 fully saturated rings. The van der Waals surface area contributed by atoms with Crippen LogP contribution in [0.15, 0.2) is 36.5 Å². The molecule has 2 aliphatic heterocycles. The van der Waals surface area contributed by atoms with Crippen LogP contribution in [0.1, 0.15) is 49.7 Å². The number of hydroxylamine groups is 2. The number of benzene rings is 1. The molecule has 2 atom stereocenters. The largest absolute Gasteiger partial charge is 0.479 e. The van der Waals surface area contributed by atoms with Gasteiger partial charge in [-0.1, -0.05) is 30.3 Å². The van der Waals surface area contributed by atoms with E-state index in [-0.39, 0.29) is 26.2 Å². The fourth-order valence-corrected chi connectivity index (χ4v) is 4.02. The molecule has 11 nitrogen and oxygen atoms in total. The SMILES string of the molecule is CC(C)(C)OC(=O)NCCn1ncc2c1C(C(=O)O)N1C[C@H]2N(OCc2ccccc2)C1=O. The Labute approximate surface area is 190 Å². The topological polar surface area (TPSA) is 126 Å². The predicted molar refractivity (Wildman–Crippen MR) is 115 cm³/mol. The molecule has 1 unspecified atom stereocenters. The Morgan fingerprint density at radius 3 is 2.64 bits per heavy atom. The summed E-state index contributed by atoms with van der Waals surface area (Å²) in [5.41, 5.74) is 1.29. The molecule has 3 heterocycles. The minimum absolute atomic E-state index is 0.179. The van der Waals surface area contributed by atoms with E-state index in [2.05, 4.69) is 10.4 Å². The molecule has 2 N–H and O–H groups in total. The minimum atomic E-state index is -1.20. The Balaban J connectivity index is 1.51. The zero-order valence-electron chi connectivity index (χ0n) is 18.7. The molecule has 33 heavy (non-hydrogen) atoms. The van der Waals surface area contributed by atoms with E-state index >= 15 is 0 Å². The number of hydrogen-bond acceptors (Lipinski definition) is 6. The average Bonchev–Trinajstić information content (AvgIpc) is 3.27. The lowest BCUT2D eigenvalue weighted by atomic mass is 9.98. The van der Waals surface area contributed by atoms with Crippen LogP contribution in [0.4, 0.5) is 9.59 Å². The first-order chi connectivity index (χ1) is 15.7. The molecule has 0 aliphatic carbocycles. The number of aliphatic carboxylic acids is 1. The standard InChI is InChI=1S/C22H27N5O6/c1-22(2,3)33-20(30)23-9-10-26-17-15(11-24-26)16-12-25(18(17)19(28)29)21(31)27(16)32-13-14-7-5-4-6-8-14/h4-8,11,16,18H,9-10,12-13H2,1-3H3,(H,23,30)(H,28,29)/t16-,18?/m1/s1. The van der Waals surface area contributed by atoms with Crippen LogP contribution in [0.2, 0.25) is 0 Å². The second kappa shape index (κ2) is 8.74. The van der Waals surface area contributed by atoms with Crippen LogP contribution >= 0.6 is 0 Å². The number of hydrogen-bond donors (Lipinski definition) is 2. The van der Waals surface area contributed by atoms with E-state index in [1.165, 1.54) is 14.6 Å². The minimum Gasteiger partial charge on any atom is -0.479 e. The molecule has 1 aromatic heterocycles. The maximum Gasteiger partial charge on any atom is 0.407 e. The number of carboxylic acids is 1. The summed E-state index contributed by atoms with van der Waals surface area (Å²) in [6, 6.07) is 7.23. The van der Waals surface area contributed by atoms with E-state index in [1.807, 2.05) is 30.3 Å². The quantitative estimate of drug-likeness (QED) is 0.654. The molecule has 0 saturated carbocycles. The molecule has 0 radical (unpaired) electrons. The van der Waals surface area contributed by atoms with E-state index in [9.17, 15) is 19.5 Å².